The SMILES string of the molecule is CC(C)(C)OC(=O)NCc1cc2nc(-c3cccc(OC(F)F)c3)ccc2cn1. The first-order valence-electron chi connectivity index (χ1n) is 8.97. The van der Waals surface area contributed by atoms with Crippen LogP contribution in [0.4, 0.5) is 13.6 Å². The number of alkyl carbamates (subject to hydrolysis) is 1. The fourth-order valence-corrected chi connectivity index (χ4v) is 2.62. The summed E-state index contributed by atoms with van der Waals surface area (Å²) in [5.41, 5.74) is 1.95. The average Bonchev–Trinajstić information content (AvgIpc) is 2.64. The number of pyridine rings is 2. The number of nitrogens with one attached hydrogen (secondary N) is 1. The predicted molar refractivity (Wildman–Crippen MR) is 105 cm³/mol. The van der Waals surface area contributed by atoms with Crippen molar-refractivity contribution in [3.63, 3.8) is 0 Å². The first-order chi connectivity index (χ1) is 13.7. The minimum atomic E-state index is -2.89. The Morgan fingerprint density at radius 2 is 1.97 bits per heavy atom. The first kappa shape index (κ1) is 20.4. The number of benzene rings is 1. The van der Waals surface area contributed by atoms with Gasteiger partial charge in [-0.05, 0) is 51.1 Å². The third kappa shape index (κ3) is 5.84. The summed E-state index contributed by atoms with van der Waals surface area (Å²) in [7, 11) is 0. The zero-order chi connectivity index (χ0) is 21.0. The van der Waals surface area contributed by atoms with Crippen molar-refractivity contribution in [2.75, 3.05) is 0 Å². The normalized spacial score (nSPS) is 11.5. The van der Waals surface area contributed by atoms with E-state index >= 15 is 0 Å². The monoisotopic (exact) mass is 401 g/mol. The number of rotatable bonds is 5. The van der Waals surface area contributed by atoms with Crippen LogP contribution in [0.3, 0.4) is 0 Å². The molecule has 1 aromatic carbocycles. The van der Waals surface area contributed by atoms with Crippen LogP contribution in [0.1, 0.15) is 26.5 Å². The number of carbonyl (C=O) groups excluding carboxylic acids is 1. The Bertz CT molecular complexity index is 1020. The van der Waals surface area contributed by atoms with Gasteiger partial charge in [0.15, 0.2) is 0 Å². The molecule has 0 spiro atoms. The van der Waals surface area contributed by atoms with Gasteiger partial charge in [-0.15, -0.1) is 0 Å². The standard InChI is InChI=1S/C21H21F2N3O3/c1-21(2,3)29-20(27)25-12-15-10-18-14(11-24-15)7-8-17(26-18)13-5-4-6-16(9-13)28-19(22)23/h4-11,19H,12H2,1-3H3,(H,25,27). The highest BCUT2D eigenvalue weighted by Crippen LogP contribution is 2.25. The van der Waals surface area contributed by atoms with Crippen molar-refractivity contribution < 1.29 is 23.0 Å². The van der Waals surface area contributed by atoms with E-state index in [-0.39, 0.29) is 12.3 Å². The van der Waals surface area contributed by atoms with E-state index in [1.807, 2.05) is 6.07 Å². The number of amides is 1. The smallest absolute Gasteiger partial charge is 0.407 e. The summed E-state index contributed by atoms with van der Waals surface area (Å²) in [6, 6.07) is 11.7. The molecule has 3 rings (SSSR count). The van der Waals surface area contributed by atoms with E-state index in [0.29, 0.717) is 22.5 Å². The number of halogens is 2. The van der Waals surface area contributed by atoms with Crippen molar-refractivity contribution in [1.82, 2.24) is 15.3 Å². The maximum absolute atomic E-state index is 12.4. The molecule has 1 N–H and O–H groups in total. The third-order valence-corrected chi connectivity index (χ3v) is 3.80. The van der Waals surface area contributed by atoms with E-state index < -0.39 is 18.3 Å². The van der Waals surface area contributed by atoms with Crippen LogP contribution >= 0.6 is 0 Å². The number of hydrogen-bond donors (Lipinski definition) is 1. The summed E-state index contributed by atoms with van der Waals surface area (Å²) in [4.78, 5) is 20.7. The van der Waals surface area contributed by atoms with Crippen LogP contribution in [0.5, 0.6) is 5.75 Å². The molecule has 2 heterocycles. The Balaban J connectivity index is 1.80. The van der Waals surface area contributed by atoms with Gasteiger partial charge < -0.3 is 14.8 Å². The second-order valence-corrected chi connectivity index (χ2v) is 7.33. The van der Waals surface area contributed by atoms with E-state index in [0.717, 1.165) is 5.39 Å². The van der Waals surface area contributed by atoms with Gasteiger partial charge in [0.25, 0.3) is 0 Å². The van der Waals surface area contributed by atoms with Gasteiger partial charge in [-0.2, -0.15) is 8.78 Å². The van der Waals surface area contributed by atoms with Crippen molar-refractivity contribution in [3.8, 4) is 17.0 Å². The van der Waals surface area contributed by atoms with Crippen molar-refractivity contribution >= 4 is 17.0 Å². The Hall–Kier alpha value is -3.29. The maximum atomic E-state index is 12.4. The number of alkyl halides is 2. The number of hydrogen-bond acceptors (Lipinski definition) is 5. The lowest BCUT2D eigenvalue weighted by Gasteiger charge is -2.19. The third-order valence-electron chi connectivity index (χ3n) is 3.80. The molecule has 0 saturated carbocycles. The van der Waals surface area contributed by atoms with Gasteiger partial charge in [-0.1, -0.05) is 12.1 Å². The lowest BCUT2D eigenvalue weighted by atomic mass is 10.1. The van der Waals surface area contributed by atoms with Crippen LogP contribution in [0, 0.1) is 0 Å². The van der Waals surface area contributed by atoms with Crippen molar-refractivity contribution in [2.45, 2.75) is 39.5 Å². The molecule has 0 saturated heterocycles. The van der Waals surface area contributed by atoms with E-state index in [1.165, 1.54) is 12.1 Å². The molecule has 0 aliphatic carbocycles. The largest absolute Gasteiger partial charge is 0.444 e. The van der Waals surface area contributed by atoms with E-state index in [4.69, 9.17) is 4.74 Å². The molecular formula is C21H21F2N3O3. The zero-order valence-corrected chi connectivity index (χ0v) is 16.3. The highest BCUT2D eigenvalue weighted by molar-refractivity contribution is 5.81. The van der Waals surface area contributed by atoms with Gasteiger partial charge in [0.05, 0.1) is 23.4 Å². The molecule has 0 fully saturated rings. The van der Waals surface area contributed by atoms with Crippen molar-refractivity contribution in [2.24, 2.45) is 0 Å². The molecule has 0 aliphatic rings. The summed E-state index contributed by atoms with van der Waals surface area (Å²) in [6.07, 6.45) is 1.13. The molecule has 2 aromatic heterocycles. The molecule has 0 unspecified atom stereocenters. The molecule has 3 aromatic rings. The summed E-state index contributed by atoms with van der Waals surface area (Å²) in [6.45, 7) is 2.66. The van der Waals surface area contributed by atoms with Crippen LogP contribution in [0.15, 0.2) is 48.7 Å². The molecule has 29 heavy (non-hydrogen) atoms. The Morgan fingerprint density at radius 3 is 2.69 bits per heavy atom. The van der Waals surface area contributed by atoms with Gasteiger partial charge in [-0.3, -0.25) is 4.98 Å². The van der Waals surface area contributed by atoms with E-state index in [2.05, 4.69) is 20.0 Å². The van der Waals surface area contributed by atoms with Crippen molar-refractivity contribution in [3.05, 3.63) is 54.4 Å². The van der Waals surface area contributed by atoms with Crippen LogP contribution in [-0.2, 0) is 11.3 Å². The van der Waals surface area contributed by atoms with Crippen LogP contribution in [-0.4, -0.2) is 28.3 Å². The fraction of sp³-hybridized carbons (Fsp3) is 0.286. The van der Waals surface area contributed by atoms with E-state index in [1.54, 1.807) is 51.2 Å². The second kappa shape index (κ2) is 8.38. The molecule has 8 heteroatoms. The topological polar surface area (TPSA) is 73.3 Å². The Labute approximate surface area is 166 Å². The molecular weight excluding hydrogens is 380 g/mol. The molecule has 0 aliphatic heterocycles. The van der Waals surface area contributed by atoms with Crippen LogP contribution < -0.4 is 10.1 Å². The first-order valence-corrected chi connectivity index (χ1v) is 8.97. The summed E-state index contributed by atoms with van der Waals surface area (Å²) in [5.74, 6) is 0.0661. The maximum Gasteiger partial charge on any atom is 0.407 e. The van der Waals surface area contributed by atoms with E-state index in [9.17, 15) is 13.6 Å². The predicted octanol–water partition coefficient (Wildman–Crippen LogP) is 4.92. The molecule has 0 radical (unpaired) electrons. The van der Waals surface area contributed by atoms with Gasteiger partial charge >= 0.3 is 12.7 Å². The summed E-state index contributed by atoms with van der Waals surface area (Å²) in [5, 5.41) is 3.47. The van der Waals surface area contributed by atoms with Gasteiger partial charge in [0.1, 0.15) is 11.4 Å². The highest BCUT2D eigenvalue weighted by Gasteiger charge is 2.16. The molecule has 0 atom stereocenters. The zero-order valence-electron chi connectivity index (χ0n) is 16.3. The molecule has 0 bridgehead atoms. The molecule has 1 amide bonds. The number of ether oxygens (including phenoxy) is 2. The quantitative estimate of drug-likeness (QED) is 0.657. The number of carbonyl (C=O) groups is 1. The average molecular weight is 401 g/mol. The Kier molecular flexibility index (Phi) is 5.91. The van der Waals surface area contributed by atoms with Crippen LogP contribution in [0.2, 0.25) is 0 Å². The second-order valence-electron chi connectivity index (χ2n) is 7.33. The molecule has 6 nitrogen and oxygen atoms in total. The number of aromatic nitrogens is 2. The minimum Gasteiger partial charge on any atom is -0.444 e. The molecule has 152 valence electrons. The Morgan fingerprint density at radius 1 is 1.17 bits per heavy atom. The lowest BCUT2D eigenvalue weighted by molar-refractivity contribution is -0.0498. The number of fused-ring (bicyclic) bond motifs is 1. The lowest BCUT2D eigenvalue weighted by Crippen LogP contribution is -2.32. The summed E-state index contributed by atoms with van der Waals surface area (Å²) < 4.78 is 34.5. The minimum absolute atomic E-state index is 0.0661. The van der Waals surface area contributed by atoms with Crippen LogP contribution in [0.25, 0.3) is 22.2 Å². The van der Waals surface area contributed by atoms with Gasteiger partial charge in [-0.25, -0.2) is 9.78 Å². The van der Waals surface area contributed by atoms with Gasteiger partial charge in [0.2, 0.25) is 0 Å². The highest BCUT2D eigenvalue weighted by atomic mass is 19.3. The van der Waals surface area contributed by atoms with Crippen molar-refractivity contribution in [1.29, 1.82) is 0 Å². The fourth-order valence-electron chi connectivity index (χ4n) is 2.62. The summed E-state index contributed by atoms with van der Waals surface area (Å²) >= 11 is 0. The van der Waals surface area contributed by atoms with Gasteiger partial charge in [0, 0.05) is 17.1 Å². The number of nitrogens with zero attached hydrogens (tertiary/aromatic N) is 2.